The minimum absolute atomic E-state index is 0.157. The molecule has 1 amide bonds. The summed E-state index contributed by atoms with van der Waals surface area (Å²) in [5.41, 5.74) is 1.96. The summed E-state index contributed by atoms with van der Waals surface area (Å²) in [7, 11) is 0. The monoisotopic (exact) mass is 437 g/mol. The molecular formula is C22H20ClN5OS. The van der Waals surface area contributed by atoms with Crippen molar-refractivity contribution in [1.82, 2.24) is 14.8 Å². The SMILES string of the molecule is N#Cc1cccc(NC(=O)CSc2nnc(-c3ccccc3Cl)n2C2CCCC2)c1. The minimum Gasteiger partial charge on any atom is -0.325 e. The van der Waals surface area contributed by atoms with Crippen LogP contribution >= 0.6 is 23.4 Å². The molecule has 1 aliphatic carbocycles. The van der Waals surface area contributed by atoms with Crippen molar-refractivity contribution in [1.29, 1.82) is 5.26 Å². The zero-order valence-corrected chi connectivity index (χ0v) is 17.8. The van der Waals surface area contributed by atoms with Crippen LogP contribution < -0.4 is 5.32 Å². The molecule has 0 unspecified atom stereocenters. The van der Waals surface area contributed by atoms with Crippen molar-refractivity contribution < 1.29 is 4.79 Å². The van der Waals surface area contributed by atoms with Crippen LogP contribution in [0.3, 0.4) is 0 Å². The molecule has 1 fully saturated rings. The van der Waals surface area contributed by atoms with Crippen molar-refractivity contribution in [2.24, 2.45) is 0 Å². The number of nitrogens with one attached hydrogen (secondary N) is 1. The van der Waals surface area contributed by atoms with E-state index in [9.17, 15) is 4.79 Å². The molecular weight excluding hydrogens is 418 g/mol. The molecule has 1 heterocycles. The van der Waals surface area contributed by atoms with E-state index in [1.165, 1.54) is 24.6 Å². The van der Waals surface area contributed by atoms with Gasteiger partial charge < -0.3 is 5.32 Å². The van der Waals surface area contributed by atoms with E-state index in [2.05, 4.69) is 26.2 Å². The van der Waals surface area contributed by atoms with Crippen LogP contribution in [-0.2, 0) is 4.79 Å². The van der Waals surface area contributed by atoms with Crippen LogP contribution in [0, 0.1) is 11.3 Å². The average Bonchev–Trinajstić information content (AvgIpc) is 3.42. The van der Waals surface area contributed by atoms with Gasteiger partial charge in [-0.2, -0.15) is 5.26 Å². The Morgan fingerprint density at radius 3 is 2.77 bits per heavy atom. The van der Waals surface area contributed by atoms with E-state index < -0.39 is 0 Å². The molecule has 2 aromatic carbocycles. The van der Waals surface area contributed by atoms with Crippen LogP contribution in [0.4, 0.5) is 5.69 Å². The van der Waals surface area contributed by atoms with Gasteiger partial charge in [0.05, 0.1) is 22.4 Å². The van der Waals surface area contributed by atoms with E-state index >= 15 is 0 Å². The van der Waals surface area contributed by atoms with Crippen molar-refractivity contribution in [3.8, 4) is 17.5 Å². The van der Waals surface area contributed by atoms with Crippen molar-refractivity contribution >= 4 is 35.0 Å². The lowest BCUT2D eigenvalue weighted by atomic mass is 10.2. The summed E-state index contributed by atoms with van der Waals surface area (Å²) in [6.07, 6.45) is 4.47. The van der Waals surface area contributed by atoms with Crippen molar-refractivity contribution in [2.45, 2.75) is 36.9 Å². The normalized spacial score (nSPS) is 13.9. The molecule has 0 radical (unpaired) electrons. The number of carbonyl (C=O) groups excluding carboxylic acids is 1. The van der Waals surface area contributed by atoms with Gasteiger partial charge in [-0.1, -0.05) is 54.4 Å². The number of carbonyl (C=O) groups is 1. The maximum Gasteiger partial charge on any atom is 0.234 e. The van der Waals surface area contributed by atoms with Gasteiger partial charge in [-0.3, -0.25) is 9.36 Å². The van der Waals surface area contributed by atoms with Gasteiger partial charge in [0.2, 0.25) is 5.91 Å². The Morgan fingerprint density at radius 1 is 1.20 bits per heavy atom. The molecule has 0 atom stereocenters. The molecule has 1 saturated carbocycles. The smallest absolute Gasteiger partial charge is 0.234 e. The molecule has 0 bridgehead atoms. The topological polar surface area (TPSA) is 83.6 Å². The first kappa shape index (κ1) is 20.5. The number of benzene rings is 2. The Kier molecular flexibility index (Phi) is 6.36. The third-order valence-corrected chi connectivity index (χ3v) is 6.35. The maximum atomic E-state index is 12.5. The molecule has 1 aliphatic rings. The van der Waals surface area contributed by atoms with Crippen molar-refractivity contribution in [3.05, 3.63) is 59.1 Å². The second-order valence-electron chi connectivity index (χ2n) is 7.12. The van der Waals surface area contributed by atoms with Gasteiger partial charge in [0.1, 0.15) is 0 Å². The Bertz CT molecular complexity index is 1100. The number of aromatic nitrogens is 3. The Labute approximate surface area is 184 Å². The highest BCUT2D eigenvalue weighted by Crippen LogP contribution is 2.38. The molecule has 8 heteroatoms. The number of hydrogen-bond acceptors (Lipinski definition) is 5. The lowest BCUT2D eigenvalue weighted by molar-refractivity contribution is -0.113. The van der Waals surface area contributed by atoms with Crippen LogP contribution in [0.2, 0.25) is 5.02 Å². The van der Waals surface area contributed by atoms with Crippen LogP contribution in [-0.4, -0.2) is 26.4 Å². The van der Waals surface area contributed by atoms with Crippen molar-refractivity contribution in [3.63, 3.8) is 0 Å². The molecule has 30 heavy (non-hydrogen) atoms. The Hall–Kier alpha value is -2.82. The number of thioether (sulfide) groups is 1. The van der Waals surface area contributed by atoms with Gasteiger partial charge in [-0.15, -0.1) is 10.2 Å². The fraction of sp³-hybridized carbons (Fsp3) is 0.273. The highest BCUT2D eigenvalue weighted by molar-refractivity contribution is 7.99. The second-order valence-corrected chi connectivity index (χ2v) is 8.47. The summed E-state index contributed by atoms with van der Waals surface area (Å²) < 4.78 is 2.14. The predicted molar refractivity (Wildman–Crippen MR) is 118 cm³/mol. The van der Waals surface area contributed by atoms with Gasteiger partial charge in [0.25, 0.3) is 0 Å². The third-order valence-electron chi connectivity index (χ3n) is 5.08. The molecule has 0 spiro atoms. The molecule has 6 nitrogen and oxygen atoms in total. The fourth-order valence-electron chi connectivity index (χ4n) is 3.69. The summed E-state index contributed by atoms with van der Waals surface area (Å²) in [4.78, 5) is 12.5. The molecule has 3 aromatic rings. The quantitative estimate of drug-likeness (QED) is 0.528. The van der Waals surface area contributed by atoms with E-state index in [0.717, 1.165) is 29.4 Å². The van der Waals surface area contributed by atoms with Crippen LogP contribution in [0.15, 0.2) is 53.7 Å². The van der Waals surface area contributed by atoms with Crippen LogP contribution in [0.5, 0.6) is 0 Å². The highest BCUT2D eigenvalue weighted by Gasteiger charge is 2.26. The van der Waals surface area contributed by atoms with Crippen LogP contribution in [0.25, 0.3) is 11.4 Å². The number of halogens is 1. The first-order valence-electron chi connectivity index (χ1n) is 9.78. The van der Waals surface area contributed by atoms with Gasteiger partial charge in [0.15, 0.2) is 11.0 Å². The number of nitriles is 1. The van der Waals surface area contributed by atoms with Crippen molar-refractivity contribution in [2.75, 3.05) is 11.1 Å². The van der Waals surface area contributed by atoms with E-state index in [0.29, 0.717) is 22.3 Å². The summed E-state index contributed by atoms with van der Waals surface area (Å²) in [5, 5.41) is 22.0. The van der Waals surface area contributed by atoms with E-state index in [1.807, 2.05) is 24.3 Å². The predicted octanol–water partition coefficient (Wildman–Crippen LogP) is 5.32. The average molecular weight is 438 g/mol. The van der Waals surface area contributed by atoms with Gasteiger partial charge >= 0.3 is 0 Å². The zero-order chi connectivity index (χ0) is 20.9. The van der Waals surface area contributed by atoms with E-state index in [4.69, 9.17) is 16.9 Å². The first-order chi connectivity index (χ1) is 14.7. The minimum atomic E-state index is -0.157. The molecule has 4 rings (SSSR count). The van der Waals surface area contributed by atoms with Gasteiger partial charge in [-0.05, 0) is 43.2 Å². The van der Waals surface area contributed by atoms with Crippen LogP contribution in [0.1, 0.15) is 37.3 Å². The molecule has 152 valence electrons. The van der Waals surface area contributed by atoms with Gasteiger partial charge in [0, 0.05) is 17.3 Å². The molecule has 1 aromatic heterocycles. The third kappa shape index (κ3) is 4.50. The summed E-state index contributed by atoms with van der Waals surface area (Å²) in [6, 6.07) is 16.9. The largest absolute Gasteiger partial charge is 0.325 e. The number of nitrogens with zero attached hydrogens (tertiary/aromatic N) is 4. The number of anilines is 1. The van der Waals surface area contributed by atoms with E-state index in [-0.39, 0.29) is 11.7 Å². The second kappa shape index (κ2) is 9.33. The van der Waals surface area contributed by atoms with E-state index in [1.54, 1.807) is 24.3 Å². The standard InChI is InChI=1S/C22H20ClN5OS/c23-19-11-4-3-10-18(19)21-26-27-22(28(21)17-8-1-2-9-17)30-14-20(29)25-16-7-5-6-15(12-16)13-24/h3-7,10-12,17H,1-2,8-9,14H2,(H,25,29). The highest BCUT2D eigenvalue weighted by atomic mass is 35.5. The summed E-state index contributed by atoms with van der Waals surface area (Å²) in [5.74, 6) is 0.789. The maximum absolute atomic E-state index is 12.5. The number of amides is 1. The lowest BCUT2D eigenvalue weighted by Gasteiger charge is -2.17. The lowest BCUT2D eigenvalue weighted by Crippen LogP contribution is -2.15. The Morgan fingerprint density at radius 2 is 2.00 bits per heavy atom. The molecule has 0 saturated heterocycles. The molecule has 0 aliphatic heterocycles. The zero-order valence-electron chi connectivity index (χ0n) is 16.2. The Balaban J connectivity index is 1.53. The summed E-state index contributed by atoms with van der Waals surface area (Å²) >= 11 is 7.78. The number of hydrogen-bond donors (Lipinski definition) is 1. The summed E-state index contributed by atoms with van der Waals surface area (Å²) in [6.45, 7) is 0. The molecule has 1 N–H and O–H groups in total. The van der Waals surface area contributed by atoms with Gasteiger partial charge in [-0.25, -0.2) is 0 Å². The fourth-order valence-corrected chi connectivity index (χ4v) is 4.71. The number of rotatable bonds is 6. The first-order valence-corrected chi connectivity index (χ1v) is 11.1.